The van der Waals surface area contributed by atoms with Crippen molar-refractivity contribution in [3.63, 3.8) is 0 Å². The van der Waals surface area contributed by atoms with Crippen LogP contribution in [-0.2, 0) is 38.3 Å². The summed E-state index contributed by atoms with van der Waals surface area (Å²) < 4.78 is 19.2. The van der Waals surface area contributed by atoms with Crippen molar-refractivity contribution in [2.75, 3.05) is 6.16 Å². The van der Waals surface area contributed by atoms with Gasteiger partial charge in [-0.25, -0.2) is 9.59 Å². The van der Waals surface area contributed by atoms with Gasteiger partial charge in [0.15, 0.2) is 0 Å². The topological polar surface area (TPSA) is 142 Å². The summed E-state index contributed by atoms with van der Waals surface area (Å²) in [5.74, 6) is -4.09. The SMILES string of the molecule is CC(C)CC(NC(=O)OCc1ccccc1)P(=O)(O)CC(Cc1ccccc1)C(=O)N[C@@H](Cc1ccccc1)C(=O)O. The van der Waals surface area contributed by atoms with Gasteiger partial charge in [-0.15, -0.1) is 0 Å². The molecule has 0 aliphatic heterocycles. The minimum atomic E-state index is -4.21. The first kappa shape index (κ1) is 32.6. The van der Waals surface area contributed by atoms with Gasteiger partial charge in [0.2, 0.25) is 13.3 Å². The highest BCUT2D eigenvalue weighted by molar-refractivity contribution is 7.58. The van der Waals surface area contributed by atoms with Crippen molar-refractivity contribution in [2.45, 2.75) is 51.5 Å². The van der Waals surface area contributed by atoms with Crippen molar-refractivity contribution in [3.8, 4) is 0 Å². The number of aliphatic carboxylic acids is 1. The number of nitrogens with one attached hydrogen (secondary N) is 2. The maximum atomic E-state index is 13.9. The van der Waals surface area contributed by atoms with Crippen LogP contribution in [0.15, 0.2) is 91.0 Å². The van der Waals surface area contributed by atoms with E-state index in [1.54, 1.807) is 60.7 Å². The molecule has 3 unspecified atom stereocenters. The summed E-state index contributed by atoms with van der Waals surface area (Å²) in [6.45, 7) is 3.71. The quantitative estimate of drug-likeness (QED) is 0.177. The van der Waals surface area contributed by atoms with Crippen LogP contribution < -0.4 is 10.6 Å². The Bertz CT molecular complexity index is 1340. The number of benzene rings is 3. The van der Waals surface area contributed by atoms with E-state index in [0.717, 1.165) is 16.7 Å². The molecular formula is C32H39N2O7P. The molecule has 10 heteroatoms. The Labute approximate surface area is 246 Å². The third-order valence-corrected chi connectivity index (χ3v) is 9.03. The average molecular weight is 595 g/mol. The average Bonchev–Trinajstić information content (AvgIpc) is 2.96. The third kappa shape index (κ3) is 10.8. The Morgan fingerprint density at radius 2 is 1.29 bits per heavy atom. The number of carbonyl (C=O) groups is 3. The summed E-state index contributed by atoms with van der Waals surface area (Å²) in [5, 5.41) is 15.0. The summed E-state index contributed by atoms with van der Waals surface area (Å²) in [6.07, 6.45) is -0.943. The first-order valence-electron chi connectivity index (χ1n) is 13.9. The molecule has 0 radical (unpaired) electrons. The Kier molecular flexibility index (Phi) is 12.3. The van der Waals surface area contributed by atoms with Crippen molar-refractivity contribution < 1.29 is 33.7 Å². The van der Waals surface area contributed by atoms with E-state index < -0.39 is 49.2 Å². The van der Waals surface area contributed by atoms with E-state index in [2.05, 4.69) is 10.6 Å². The van der Waals surface area contributed by atoms with Crippen LogP contribution in [0, 0.1) is 11.8 Å². The van der Waals surface area contributed by atoms with Gasteiger partial charge in [-0.1, -0.05) is 105 Å². The molecule has 224 valence electrons. The third-order valence-electron chi connectivity index (χ3n) is 6.75. The highest BCUT2D eigenvalue weighted by atomic mass is 31.2. The summed E-state index contributed by atoms with van der Waals surface area (Å²) in [6, 6.07) is 25.7. The van der Waals surface area contributed by atoms with Crippen LogP contribution in [0.5, 0.6) is 0 Å². The normalized spacial score (nSPS) is 14.7. The van der Waals surface area contributed by atoms with E-state index in [4.69, 9.17) is 4.74 Å². The largest absolute Gasteiger partial charge is 0.480 e. The zero-order valence-corrected chi connectivity index (χ0v) is 24.8. The molecule has 0 fully saturated rings. The number of rotatable bonds is 15. The van der Waals surface area contributed by atoms with Gasteiger partial charge in [0, 0.05) is 12.6 Å². The lowest BCUT2D eigenvalue weighted by atomic mass is 9.99. The second kappa shape index (κ2) is 15.9. The van der Waals surface area contributed by atoms with E-state index >= 15 is 0 Å². The van der Waals surface area contributed by atoms with E-state index in [0.29, 0.717) is 0 Å². The van der Waals surface area contributed by atoms with Gasteiger partial charge >= 0.3 is 12.1 Å². The zero-order chi connectivity index (χ0) is 30.5. The maximum Gasteiger partial charge on any atom is 0.408 e. The monoisotopic (exact) mass is 594 g/mol. The molecule has 3 aromatic rings. The standard InChI is InChI=1S/C32H39N2O7P/c1-23(2)18-29(34-32(38)41-21-26-16-10-5-11-17-26)42(39,40)22-27(19-24-12-6-3-7-13-24)30(35)33-28(31(36)37)20-25-14-8-4-9-15-25/h3-17,23,27-29H,18-22H2,1-2H3,(H,33,35)(H,34,38)(H,36,37)(H,39,40)/t27?,28-,29?/m0/s1. The smallest absolute Gasteiger partial charge is 0.408 e. The molecule has 3 rings (SSSR count). The Morgan fingerprint density at radius 1 is 0.786 bits per heavy atom. The molecule has 0 saturated carbocycles. The molecule has 0 spiro atoms. The van der Waals surface area contributed by atoms with E-state index in [1.807, 2.05) is 44.2 Å². The van der Waals surface area contributed by atoms with Gasteiger partial charge < -0.3 is 25.4 Å². The molecule has 4 N–H and O–H groups in total. The van der Waals surface area contributed by atoms with Gasteiger partial charge in [0.25, 0.3) is 0 Å². The number of carbonyl (C=O) groups excluding carboxylic acids is 2. The predicted molar refractivity (Wildman–Crippen MR) is 161 cm³/mol. The molecule has 0 aliphatic carbocycles. The van der Waals surface area contributed by atoms with Crippen molar-refractivity contribution in [1.82, 2.24) is 10.6 Å². The number of carboxylic acids is 1. The fourth-order valence-electron chi connectivity index (χ4n) is 4.59. The van der Waals surface area contributed by atoms with Gasteiger partial charge in [0.1, 0.15) is 18.4 Å². The minimum absolute atomic E-state index is 0.00612. The van der Waals surface area contributed by atoms with Crippen molar-refractivity contribution in [3.05, 3.63) is 108 Å². The number of amides is 2. The number of hydrogen-bond donors (Lipinski definition) is 4. The molecule has 0 bridgehead atoms. The van der Waals surface area contributed by atoms with Crippen molar-refractivity contribution in [2.24, 2.45) is 11.8 Å². The molecule has 0 saturated heterocycles. The molecular weight excluding hydrogens is 555 g/mol. The molecule has 3 aromatic carbocycles. The molecule has 42 heavy (non-hydrogen) atoms. The van der Waals surface area contributed by atoms with Crippen LogP contribution in [0.1, 0.15) is 37.0 Å². The summed E-state index contributed by atoms with van der Waals surface area (Å²) >= 11 is 0. The van der Waals surface area contributed by atoms with E-state index in [9.17, 15) is 28.9 Å². The van der Waals surface area contributed by atoms with Crippen molar-refractivity contribution in [1.29, 1.82) is 0 Å². The summed E-state index contributed by atoms with van der Waals surface area (Å²) in [5.41, 5.74) is 2.25. The lowest BCUT2D eigenvalue weighted by molar-refractivity contribution is -0.142. The lowest BCUT2D eigenvalue weighted by Crippen LogP contribution is -2.46. The second-order valence-corrected chi connectivity index (χ2v) is 13.3. The van der Waals surface area contributed by atoms with Crippen LogP contribution in [-0.4, -0.2) is 46.0 Å². The molecule has 9 nitrogen and oxygen atoms in total. The molecule has 4 atom stereocenters. The van der Waals surface area contributed by atoms with Gasteiger partial charge in [-0.2, -0.15) is 0 Å². The number of alkyl carbamates (subject to hydrolysis) is 1. The van der Waals surface area contributed by atoms with Crippen molar-refractivity contribution >= 4 is 25.3 Å². The fraction of sp³-hybridized carbons (Fsp3) is 0.344. The first-order chi connectivity index (χ1) is 20.0. The maximum absolute atomic E-state index is 13.9. The zero-order valence-electron chi connectivity index (χ0n) is 23.9. The molecule has 0 aliphatic rings. The second-order valence-electron chi connectivity index (χ2n) is 10.8. The van der Waals surface area contributed by atoms with Crippen LogP contribution in [0.25, 0.3) is 0 Å². The van der Waals surface area contributed by atoms with Crippen LogP contribution >= 0.6 is 7.37 Å². The lowest BCUT2D eigenvalue weighted by Gasteiger charge is -2.29. The predicted octanol–water partition coefficient (Wildman–Crippen LogP) is 5.23. The molecule has 0 aromatic heterocycles. The minimum Gasteiger partial charge on any atom is -0.480 e. The molecule has 2 amide bonds. The fourth-order valence-corrected chi connectivity index (χ4v) is 6.83. The summed E-state index contributed by atoms with van der Waals surface area (Å²) in [4.78, 5) is 49.5. The van der Waals surface area contributed by atoms with E-state index in [1.165, 1.54) is 0 Å². The molecule has 0 heterocycles. The Hall–Kier alpha value is -3.94. The highest BCUT2D eigenvalue weighted by Crippen LogP contribution is 2.49. The van der Waals surface area contributed by atoms with Crippen LogP contribution in [0.3, 0.4) is 0 Å². The van der Waals surface area contributed by atoms with Gasteiger partial charge in [-0.05, 0) is 35.4 Å². The van der Waals surface area contributed by atoms with E-state index in [-0.39, 0.29) is 31.8 Å². The number of hydrogen-bond acceptors (Lipinski definition) is 5. The summed E-state index contributed by atoms with van der Waals surface area (Å²) in [7, 11) is -4.21. The van der Waals surface area contributed by atoms with Crippen LogP contribution in [0.2, 0.25) is 0 Å². The van der Waals surface area contributed by atoms with Gasteiger partial charge in [-0.3, -0.25) is 9.36 Å². The first-order valence-corrected chi connectivity index (χ1v) is 15.8. The number of ether oxygens (including phenoxy) is 1. The Morgan fingerprint density at radius 3 is 1.79 bits per heavy atom. The number of carboxylic acid groups (broad SMARTS) is 1. The van der Waals surface area contributed by atoms with Gasteiger partial charge in [0.05, 0.1) is 5.92 Å². The Balaban J connectivity index is 1.79. The highest BCUT2D eigenvalue weighted by Gasteiger charge is 2.38. The van der Waals surface area contributed by atoms with Crippen LogP contribution in [0.4, 0.5) is 4.79 Å².